The average Bonchev–Trinajstić information content (AvgIpc) is 3.40. The van der Waals surface area contributed by atoms with Crippen LogP contribution in [0.15, 0.2) is 83.7 Å². The molecule has 1 aliphatic rings. The summed E-state index contributed by atoms with van der Waals surface area (Å²) in [4.78, 5) is 29.8. The van der Waals surface area contributed by atoms with Crippen molar-refractivity contribution in [3.8, 4) is 5.75 Å². The van der Waals surface area contributed by atoms with Gasteiger partial charge in [-0.15, -0.1) is 0 Å². The molecule has 5 rings (SSSR count). The number of nitrogens with zero attached hydrogens (tertiary/aromatic N) is 2. The van der Waals surface area contributed by atoms with E-state index in [9.17, 15) is 9.59 Å². The highest BCUT2D eigenvalue weighted by molar-refractivity contribution is 9.10. The van der Waals surface area contributed by atoms with Crippen molar-refractivity contribution in [1.82, 2.24) is 20.2 Å². The van der Waals surface area contributed by atoms with Crippen LogP contribution in [0.25, 0.3) is 0 Å². The van der Waals surface area contributed by atoms with Gasteiger partial charge in [0.05, 0.1) is 24.2 Å². The molecule has 40 heavy (non-hydrogen) atoms. The molecular weight excluding hydrogens is 594 g/mol. The number of nitrogens with two attached hydrogens (primary N) is 1. The van der Waals surface area contributed by atoms with E-state index in [0.717, 1.165) is 34.3 Å². The van der Waals surface area contributed by atoms with Crippen molar-refractivity contribution in [1.29, 1.82) is 0 Å². The number of primary amides is 1. The van der Waals surface area contributed by atoms with Gasteiger partial charge in [0.25, 0.3) is 5.91 Å². The third kappa shape index (κ3) is 6.72. The number of carbonyl (C=O) groups excluding carboxylic acids is 2. The molecule has 1 aromatic heterocycles. The van der Waals surface area contributed by atoms with Crippen LogP contribution in [-0.2, 0) is 24.3 Å². The van der Waals surface area contributed by atoms with Crippen molar-refractivity contribution in [2.75, 3.05) is 6.61 Å². The fourth-order valence-corrected chi connectivity index (χ4v) is 5.17. The Morgan fingerprint density at radius 2 is 1.85 bits per heavy atom. The summed E-state index contributed by atoms with van der Waals surface area (Å²) < 4.78 is 9.14. The minimum absolute atomic E-state index is 0.0199. The van der Waals surface area contributed by atoms with Crippen LogP contribution >= 0.6 is 27.5 Å². The van der Waals surface area contributed by atoms with E-state index in [1.54, 1.807) is 30.3 Å². The molecule has 206 valence electrons. The number of hydrogen-bond donors (Lipinski definition) is 3. The Morgan fingerprint density at radius 1 is 1.10 bits per heavy atom. The number of fused-ring (bicyclic) bond motifs is 1. The molecule has 1 unspecified atom stereocenters. The first-order valence-electron chi connectivity index (χ1n) is 12.9. The van der Waals surface area contributed by atoms with Crippen molar-refractivity contribution in [2.24, 2.45) is 5.73 Å². The molecule has 0 bridgehead atoms. The van der Waals surface area contributed by atoms with Crippen molar-refractivity contribution >= 4 is 39.3 Å². The number of para-hydroxylation sites is 1. The van der Waals surface area contributed by atoms with Crippen LogP contribution < -0.4 is 21.1 Å². The van der Waals surface area contributed by atoms with E-state index >= 15 is 0 Å². The third-order valence-electron chi connectivity index (χ3n) is 6.91. The van der Waals surface area contributed by atoms with Crippen molar-refractivity contribution < 1.29 is 14.3 Å². The maximum Gasteiger partial charge on any atom is 0.255 e. The fourth-order valence-electron chi connectivity index (χ4n) is 4.78. The Morgan fingerprint density at radius 3 is 2.60 bits per heavy atom. The summed E-state index contributed by atoms with van der Waals surface area (Å²) in [5.41, 5.74) is 9.95. The first-order valence-corrected chi connectivity index (χ1v) is 14.1. The quantitative estimate of drug-likeness (QED) is 0.236. The number of aromatic nitrogens is 2. The summed E-state index contributed by atoms with van der Waals surface area (Å²) >= 11 is 9.44. The summed E-state index contributed by atoms with van der Waals surface area (Å²) in [7, 11) is 0. The van der Waals surface area contributed by atoms with Gasteiger partial charge < -0.3 is 25.7 Å². The molecule has 2 heterocycles. The van der Waals surface area contributed by atoms with Gasteiger partial charge >= 0.3 is 0 Å². The molecular formula is C30H29BrClN5O3. The van der Waals surface area contributed by atoms with Crippen LogP contribution in [0.2, 0.25) is 5.02 Å². The van der Waals surface area contributed by atoms with Crippen LogP contribution in [0.1, 0.15) is 45.2 Å². The van der Waals surface area contributed by atoms with E-state index in [4.69, 9.17) is 22.1 Å². The van der Waals surface area contributed by atoms with Gasteiger partial charge in [0.15, 0.2) is 0 Å². The molecule has 4 N–H and O–H groups in total. The lowest BCUT2D eigenvalue weighted by atomic mass is 9.96. The number of amides is 2. The molecule has 1 aliphatic heterocycles. The Bertz CT molecular complexity index is 1490. The van der Waals surface area contributed by atoms with Crippen LogP contribution in [0, 0.1) is 0 Å². The van der Waals surface area contributed by atoms with Crippen LogP contribution in [0.5, 0.6) is 5.75 Å². The first kappa shape index (κ1) is 27.9. The molecule has 4 aromatic rings. The smallest absolute Gasteiger partial charge is 0.255 e. The van der Waals surface area contributed by atoms with Crippen molar-refractivity contribution in [2.45, 2.75) is 38.0 Å². The number of imidazole rings is 1. The number of carbonyl (C=O) groups is 2. The van der Waals surface area contributed by atoms with Gasteiger partial charge in [-0.1, -0.05) is 63.9 Å². The first-order chi connectivity index (χ1) is 19.4. The summed E-state index contributed by atoms with van der Waals surface area (Å²) in [6.07, 6.45) is 4.70. The predicted octanol–water partition coefficient (Wildman–Crippen LogP) is 4.79. The van der Waals surface area contributed by atoms with E-state index < -0.39 is 17.9 Å². The Hall–Kier alpha value is -3.66. The zero-order chi connectivity index (χ0) is 28.1. The lowest BCUT2D eigenvalue weighted by molar-refractivity contribution is -0.119. The molecule has 3 aromatic carbocycles. The molecule has 2 amide bonds. The summed E-state index contributed by atoms with van der Waals surface area (Å²) in [5.74, 6) is -0.516. The van der Waals surface area contributed by atoms with Crippen LogP contribution in [-0.4, -0.2) is 34.0 Å². The van der Waals surface area contributed by atoms with Crippen molar-refractivity contribution in [3.05, 3.63) is 117 Å². The monoisotopic (exact) mass is 621 g/mol. The normalized spacial score (nSPS) is 15.1. The van der Waals surface area contributed by atoms with Gasteiger partial charge in [-0.05, 0) is 41.5 Å². The Balaban J connectivity index is 1.27. The molecule has 0 radical (unpaired) electrons. The number of nitrogens with one attached hydrogen (secondary N) is 2. The number of benzene rings is 3. The van der Waals surface area contributed by atoms with E-state index in [-0.39, 0.29) is 12.5 Å². The zero-order valence-electron chi connectivity index (χ0n) is 21.6. The highest BCUT2D eigenvalue weighted by Gasteiger charge is 2.28. The largest absolute Gasteiger partial charge is 0.492 e. The topological polar surface area (TPSA) is 111 Å². The van der Waals surface area contributed by atoms with Gasteiger partial charge in [-0.25, -0.2) is 4.98 Å². The second kappa shape index (κ2) is 12.7. The minimum Gasteiger partial charge on any atom is -0.492 e. The van der Waals surface area contributed by atoms with E-state index in [0.29, 0.717) is 29.5 Å². The molecule has 0 spiro atoms. The number of ether oxygens (including phenoxy) is 1. The van der Waals surface area contributed by atoms with Crippen molar-refractivity contribution in [3.63, 3.8) is 0 Å². The van der Waals surface area contributed by atoms with Gasteiger partial charge in [0.1, 0.15) is 11.8 Å². The second-order valence-electron chi connectivity index (χ2n) is 9.69. The van der Waals surface area contributed by atoms with E-state index in [1.165, 1.54) is 5.56 Å². The zero-order valence-corrected chi connectivity index (χ0v) is 24.0. The molecule has 2 atom stereocenters. The fraction of sp³-hybridized carbons (Fsp3) is 0.233. The van der Waals surface area contributed by atoms with Crippen LogP contribution in [0.3, 0.4) is 0 Å². The van der Waals surface area contributed by atoms with Gasteiger partial charge in [-0.2, -0.15) is 0 Å². The SMILES string of the molecule is NC(=O)[C@H](Cc1ccc(Cl)cc1)NC(=O)c1cccc2c1OCCC2NCc1cncn1Cc1ccc(Br)cc1. The minimum atomic E-state index is -0.881. The number of hydrogen-bond acceptors (Lipinski definition) is 5. The molecule has 8 nitrogen and oxygen atoms in total. The van der Waals surface area contributed by atoms with Crippen LogP contribution in [0.4, 0.5) is 0 Å². The van der Waals surface area contributed by atoms with Gasteiger partial charge in [0.2, 0.25) is 5.91 Å². The highest BCUT2D eigenvalue weighted by Crippen LogP contribution is 2.35. The van der Waals surface area contributed by atoms with E-state index in [1.807, 2.05) is 36.8 Å². The number of halogens is 2. The summed E-state index contributed by atoms with van der Waals surface area (Å²) in [5, 5.41) is 6.99. The van der Waals surface area contributed by atoms with Gasteiger partial charge in [0, 0.05) is 53.2 Å². The highest BCUT2D eigenvalue weighted by atomic mass is 79.9. The second-order valence-corrected chi connectivity index (χ2v) is 11.0. The lowest BCUT2D eigenvalue weighted by Crippen LogP contribution is -2.46. The predicted molar refractivity (Wildman–Crippen MR) is 157 cm³/mol. The molecule has 0 saturated heterocycles. The maximum atomic E-state index is 13.3. The third-order valence-corrected chi connectivity index (χ3v) is 7.70. The van der Waals surface area contributed by atoms with E-state index in [2.05, 4.69) is 48.2 Å². The molecule has 0 saturated carbocycles. The standard InChI is InChI=1S/C30H29BrClN5O3/c31-21-8-4-20(5-9-21)17-37-18-34-15-23(37)16-35-26-12-13-40-28-24(26)2-1-3-25(28)30(39)36-27(29(33)38)14-19-6-10-22(32)11-7-19/h1-11,15,18,26-27,35H,12-14,16-17H2,(H2,33,38)(H,36,39)/t26?,27-/m0/s1. The number of rotatable bonds is 10. The molecule has 10 heteroatoms. The van der Waals surface area contributed by atoms with Gasteiger partial charge in [-0.3, -0.25) is 9.59 Å². The Kier molecular flexibility index (Phi) is 8.84. The Labute approximate surface area is 246 Å². The summed E-state index contributed by atoms with van der Waals surface area (Å²) in [6, 6.07) is 19.9. The average molecular weight is 623 g/mol. The maximum absolute atomic E-state index is 13.3. The lowest BCUT2D eigenvalue weighted by Gasteiger charge is -2.28. The summed E-state index contributed by atoms with van der Waals surface area (Å²) in [6.45, 7) is 1.77. The molecule has 0 fully saturated rings. The molecule has 0 aliphatic carbocycles.